The number of carbonyl (C=O) groups is 1. The lowest BCUT2D eigenvalue weighted by atomic mass is 9.96. The van der Waals surface area contributed by atoms with Crippen LogP contribution in [-0.4, -0.2) is 69.8 Å². The summed E-state index contributed by atoms with van der Waals surface area (Å²) < 4.78 is 5.24. The van der Waals surface area contributed by atoms with Crippen molar-refractivity contribution in [3.05, 3.63) is 11.7 Å². The Morgan fingerprint density at radius 2 is 1.96 bits per heavy atom. The molecule has 7 nitrogen and oxygen atoms in total. The number of aromatic nitrogens is 2. The maximum atomic E-state index is 12.4. The molecule has 1 aromatic rings. The van der Waals surface area contributed by atoms with E-state index < -0.39 is 0 Å². The topological polar surface area (TPSA) is 82.7 Å². The number of piperazine rings is 1. The molecule has 0 saturated carbocycles. The number of rotatable bonds is 6. The number of nitrogens with zero attached hydrogens (tertiary/aromatic N) is 4. The molecule has 0 bridgehead atoms. The number of amides is 1. The Bertz CT molecular complexity index is 526. The van der Waals surface area contributed by atoms with E-state index in [1.807, 2.05) is 25.7 Å². The van der Waals surface area contributed by atoms with Crippen LogP contribution in [0.4, 0.5) is 0 Å². The van der Waals surface area contributed by atoms with Crippen LogP contribution in [0.25, 0.3) is 0 Å². The number of hydrogen-bond acceptors (Lipinski definition) is 6. The van der Waals surface area contributed by atoms with Crippen LogP contribution < -0.4 is 0 Å². The molecule has 1 atom stereocenters. The van der Waals surface area contributed by atoms with Crippen LogP contribution in [0.1, 0.15) is 52.3 Å². The molecule has 136 valence electrons. The van der Waals surface area contributed by atoms with Crippen LogP contribution in [0.5, 0.6) is 0 Å². The molecular weight excluding hydrogens is 308 g/mol. The normalized spacial score (nSPS) is 18.0. The maximum absolute atomic E-state index is 12.4. The fourth-order valence-corrected chi connectivity index (χ4v) is 2.87. The first-order valence-corrected chi connectivity index (χ1v) is 8.81. The summed E-state index contributed by atoms with van der Waals surface area (Å²) in [5.41, 5.74) is -0.148. The average molecular weight is 338 g/mol. The van der Waals surface area contributed by atoms with E-state index in [-0.39, 0.29) is 24.0 Å². The second-order valence-corrected chi connectivity index (χ2v) is 7.42. The van der Waals surface area contributed by atoms with Crippen molar-refractivity contribution in [2.45, 2.75) is 58.4 Å². The standard InChI is InChI=1S/C17H30N4O3/c1-5-13(12-22)20-8-10-21(11-9-20)15(23)7-6-14-18-16(19-24-14)17(2,3)4/h13,22H,5-12H2,1-4H3. The van der Waals surface area contributed by atoms with Crippen LogP contribution in [0, 0.1) is 0 Å². The van der Waals surface area contributed by atoms with Crippen molar-refractivity contribution < 1.29 is 14.4 Å². The molecular formula is C17H30N4O3. The quantitative estimate of drug-likeness (QED) is 0.840. The molecule has 1 unspecified atom stereocenters. The largest absolute Gasteiger partial charge is 0.395 e. The first-order chi connectivity index (χ1) is 11.3. The highest BCUT2D eigenvalue weighted by atomic mass is 16.5. The zero-order valence-corrected chi connectivity index (χ0v) is 15.3. The Balaban J connectivity index is 1.79. The van der Waals surface area contributed by atoms with Crippen molar-refractivity contribution in [3.63, 3.8) is 0 Å². The molecule has 1 fully saturated rings. The SMILES string of the molecule is CCC(CO)N1CCN(C(=O)CCc2nc(C(C)(C)C)no2)CC1. The first kappa shape index (κ1) is 18.9. The molecule has 0 aromatic carbocycles. The lowest BCUT2D eigenvalue weighted by molar-refractivity contribution is -0.133. The minimum absolute atomic E-state index is 0.127. The van der Waals surface area contributed by atoms with Gasteiger partial charge in [-0.2, -0.15) is 4.98 Å². The molecule has 0 radical (unpaired) electrons. The lowest BCUT2D eigenvalue weighted by Gasteiger charge is -2.38. The van der Waals surface area contributed by atoms with E-state index in [0.29, 0.717) is 37.6 Å². The summed E-state index contributed by atoms with van der Waals surface area (Å²) in [7, 11) is 0. The van der Waals surface area contributed by atoms with Gasteiger partial charge in [0.2, 0.25) is 11.8 Å². The number of hydrogen-bond donors (Lipinski definition) is 1. The Morgan fingerprint density at radius 3 is 2.46 bits per heavy atom. The zero-order valence-electron chi connectivity index (χ0n) is 15.3. The number of aliphatic hydroxyl groups is 1. The van der Waals surface area contributed by atoms with Gasteiger partial charge in [-0.1, -0.05) is 32.9 Å². The van der Waals surface area contributed by atoms with E-state index in [1.54, 1.807) is 0 Å². The van der Waals surface area contributed by atoms with Gasteiger partial charge in [0.25, 0.3) is 0 Å². The third-order valence-electron chi connectivity index (χ3n) is 4.56. The monoisotopic (exact) mass is 338 g/mol. The molecule has 0 aliphatic carbocycles. The summed E-state index contributed by atoms with van der Waals surface area (Å²) in [4.78, 5) is 20.9. The Labute approximate surface area is 144 Å². The van der Waals surface area contributed by atoms with Crippen molar-refractivity contribution >= 4 is 5.91 Å². The van der Waals surface area contributed by atoms with Gasteiger partial charge in [0.15, 0.2) is 5.82 Å². The molecule has 1 N–H and O–H groups in total. The molecule has 1 aromatic heterocycles. The van der Waals surface area contributed by atoms with Crippen LogP contribution in [0.3, 0.4) is 0 Å². The predicted molar refractivity (Wildman–Crippen MR) is 90.6 cm³/mol. The number of carbonyl (C=O) groups excluding carboxylic acids is 1. The van der Waals surface area contributed by atoms with Crippen molar-refractivity contribution in [2.24, 2.45) is 0 Å². The van der Waals surface area contributed by atoms with Gasteiger partial charge in [-0.05, 0) is 6.42 Å². The summed E-state index contributed by atoms with van der Waals surface area (Å²) in [5.74, 6) is 1.33. The molecule has 2 rings (SSSR count). The van der Waals surface area contributed by atoms with E-state index in [4.69, 9.17) is 4.52 Å². The van der Waals surface area contributed by atoms with Gasteiger partial charge < -0.3 is 14.5 Å². The number of aryl methyl sites for hydroxylation is 1. The van der Waals surface area contributed by atoms with Crippen LogP contribution in [0.2, 0.25) is 0 Å². The van der Waals surface area contributed by atoms with Gasteiger partial charge in [-0.3, -0.25) is 9.69 Å². The predicted octanol–water partition coefficient (Wildman–Crippen LogP) is 1.21. The zero-order chi connectivity index (χ0) is 17.7. The van der Waals surface area contributed by atoms with Gasteiger partial charge in [0.1, 0.15) is 0 Å². The number of aliphatic hydroxyl groups excluding tert-OH is 1. The highest BCUT2D eigenvalue weighted by Gasteiger charge is 2.25. The van der Waals surface area contributed by atoms with Gasteiger partial charge in [0, 0.05) is 50.5 Å². The van der Waals surface area contributed by atoms with Crippen LogP contribution in [0.15, 0.2) is 4.52 Å². The molecule has 1 amide bonds. The summed E-state index contributed by atoms with van der Waals surface area (Å²) in [6, 6.07) is 0.205. The fraction of sp³-hybridized carbons (Fsp3) is 0.824. The van der Waals surface area contributed by atoms with Crippen molar-refractivity contribution in [3.8, 4) is 0 Å². The highest BCUT2D eigenvalue weighted by molar-refractivity contribution is 5.76. The second kappa shape index (κ2) is 8.07. The smallest absolute Gasteiger partial charge is 0.227 e. The van der Waals surface area contributed by atoms with Gasteiger partial charge >= 0.3 is 0 Å². The van der Waals surface area contributed by atoms with Crippen molar-refractivity contribution in [2.75, 3.05) is 32.8 Å². The van der Waals surface area contributed by atoms with E-state index in [2.05, 4.69) is 22.0 Å². The van der Waals surface area contributed by atoms with E-state index >= 15 is 0 Å². The summed E-state index contributed by atoms with van der Waals surface area (Å²) >= 11 is 0. The van der Waals surface area contributed by atoms with Gasteiger partial charge in [-0.25, -0.2) is 0 Å². The summed E-state index contributed by atoms with van der Waals surface area (Å²) in [6.07, 6.45) is 1.80. The molecule has 0 spiro atoms. The Morgan fingerprint density at radius 1 is 1.29 bits per heavy atom. The molecule has 24 heavy (non-hydrogen) atoms. The summed E-state index contributed by atoms with van der Waals surface area (Å²) in [6.45, 7) is 11.4. The lowest BCUT2D eigenvalue weighted by Crippen LogP contribution is -2.52. The molecule has 1 aliphatic heterocycles. The molecule has 2 heterocycles. The third-order valence-corrected chi connectivity index (χ3v) is 4.56. The van der Waals surface area contributed by atoms with E-state index in [0.717, 1.165) is 19.5 Å². The molecule has 1 saturated heterocycles. The van der Waals surface area contributed by atoms with Gasteiger partial charge in [0.05, 0.1) is 6.61 Å². The average Bonchev–Trinajstić information content (AvgIpc) is 3.04. The highest BCUT2D eigenvalue weighted by Crippen LogP contribution is 2.19. The van der Waals surface area contributed by atoms with E-state index in [9.17, 15) is 9.90 Å². The minimum Gasteiger partial charge on any atom is -0.395 e. The first-order valence-electron chi connectivity index (χ1n) is 8.81. The second-order valence-electron chi connectivity index (χ2n) is 7.42. The minimum atomic E-state index is -0.148. The molecule has 1 aliphatic rings. The molecule has 7 heteroatoms. The third kappa shape index (κ3) is 4.77. The Hall–Kier alpha value is -1.47. The van der Waals surface area contributed by atoms with Gasteiger partial charge in [-0.15, -0.1) is 0 Å². The van der Waals surface area contributed by atoms with Crippen molar-refractivity contribution in [1.82, 2.24) is 19.9 Å². The fourth-order valence-electron chi connectivity index (χ4n) is 2.87. The van der Waals surface area contributed by atoms with Crippen LogP contribution >= 0.6 is 0 Å². The van der Waals surface area contributed by atoms with E-state index in [1.165, 1.54) is 0 Å². The maximum Gasteiger partial charge on any atom is 0.227 e. The summed E-state index contributed by atoms with van der Waals surface area (Å²) in [5, 5.41) is 13.4. The van der Waals surface area contributed by atoms with Crippen molar-refractivity contribution in [1.29, 1.82) is 0 Å². The Kier molecular flexibility index (Phi) is 6.34. The van der Waals surface area contributed by atoms with Crippen LogP contribution in [-0.2, 0) is 16.6 Å².